The van der Waals surface area contributed by atoms with Crippen LogP contribution in [-0.2, 0) is 0 Å². The van der Waals surface area contributed by atoms with E-state index >= 15 is 0 Å². The van der Waals surface area contributed by atoms with Crippen molar-refractivity contribution in [1.82, 2.24) is 0 Å². The number of hydrogen-bond donors (Lipinski definition) is 2. The molecular formula is C11H15NO2. The first kappa shape index (κ1) is 9.34. The highest BCUT2D eigenvalue weighted by Gasteiger charge is 2.17. The van der Waals surface area contributed by atoms with Gasteiger partial charge in [0.25, 0.3) is 0 Å². The molecule has 3 nitrogen and oxygen atoms in total. The Morgan fingerprint density at radius 2 is 2.43 bits per heavy atom. The van der Waals surface area contributed by atoms with Gasteiger partial charge in [0.1, 0.15) is 12.4 Å². The average Bonchev–Trinajstić information content (AvgIpc) is 2.17. The van der Waals surface area contributed by atoms with Crippen LogP contribution in [0, 0.1) is 6.92 Å². The van der Waals surface area contributed by atoms with Crippen LogP contribution in [0.5, 0.6) is 5.75 Å². The van der Waals surface area contributed by atoms with Crippen LogP contribution in [0.4, 0.5) is 5.69 Å². The third-order valence-corrected chi connectivity index (χ3v) is 2.41. The number of aliphatic hydroxyl groups excluding tert-OH is 1. The fraction of sp³-hybridized carbons (Fsp3) is 0.455. The Labute approximate surface area is 83.7 Å². The van der Waals surface area contributed by atoms with Crippen LogP contribution in [0.2, 0.25) is 0 Å². The van der Waals surface area contributed by atoms with Crippen LogP contribution in [0.25, 0.3) is 0 Å². The summed E-state index contributed by atoms with van der Waals surface area (Å²) in [6.07, 6.45) is 0.730. The first-order valence-corrected chi connectivity index (χ1v) is 4.90. The third-order valence-electron chi connectivity index (χ3n) is 2.41. The maximum Gasteiger partial charge on any atom is 0.142 e. The second-order valence-electron chi connectivity index (χ2n) is 3.66. The molecule has 0 saturated heterocycles. The molecule has 76 valence electrons. The minimum atomic E-state index is 0.197. The fourth-order valence-electron chi connectivity index (χ4n) is 1.65. The molecule has 0 aliphatic carbocycles. The number of aliphatic hydroxyl groups is 1. The number of ether oxygens (including phenoxy) is 1. The highest BCUT2D eigenvalue weighted by atomic mass is 16.5. The lowest BCUT2D eigenvalue weighted by Gasteiger charge is -2.27. The lowest BCUT2D eigenvalue weighted by molar-refractivity contribution is 0.233. The topological polar surface area (TPSA) is 41.5 Å². The molecule has 1 atom stereocenters. The van der Waals surface area contributed by atoms with Crippen molar-refractivity contribution in [2.24, 2.45) is 0 Å². The van der Waals surface area contributed by atoms with Crippen molar-refractivity contribution in [2.75, 3.05) is 18.5 Å². The molecule has 0 fully saturated rings. The Balaban J connectivity index is 2.16. The first-order chi connectivity index (χ1) is 6.79. The van der Waals surface area contributed by atoms with E-state index in [-0.39, 0.29) is 12.6 Å². The number of anilines is 1. The van der Waals surface area contributed by atoms with Gasteiger partial charge in [-0.2, -0.15) is 0 Å². The molecular weight excluding hydrogens is 178 g/mol. The number of aryl methyl sites for hydroxylation is 1. The molecule has 0 aromatic heterocycles. The van der Waals surface area contributed by atoms with Crippen molar-refractivity contribution >= 4 is 5.69 Å². The standard InChI is InChI=1S/C11H15NO2/c1-8-2-3-11-10(6-8)12-9(4-5-13)7-14-11/h2-3,6,9,12-13H,4-5,7H2,1H3/t9-/m1/s1. The van der Waals surface area contributed by atoms with Crippen LogP contribution in [0.15, 0.2) is 18.2 Å². The van der Waals surface area contributed by atoms with Gasteiger partial charge < -0.3 is 15.2 Å². The smallest absolute Gasteiger partial charge is 0.142 e. The molecule has 14 heavy (non-hydrogen) atoms. The molecule has 1 aromatic rings. The van der Waals surface area contributed by atoms with E-state index in [9.17, 15) is 0 Å². The number of rotatable bonds is 2. The Morgan fingerprint density at radius 3 is 3.21 bits per heavy atom. The van der Waals surface area contributed by atoms with Gasteiger partial charge in [-0.1, -0.05) is 6.07 Å². The summed E-state index contributed by atoms with van der Waals surface area (Å²) in [7, 11) is 0. The second kappa shape index (κ2) is 3.88. The minimum Gasteiger partial charge on any atom is -0.489 e. The zero-order chi connectivity index (χ0) is 9.97. The van der Waals surface area contributed by atoms with Crippen molar-refractivity contribution < 1.29 is 9.84 Å². The molecule has 1 aromatic carbocycles. The Morgan fingerprint density at radius 1 is 1.57 bits per heavy atom. The third kappa shape index (κ3) is 1.82. The molecule has 1 aliphatic rings. The van der Waals surface area contributed by atoms with Gasteiger partial charge in [-0.3, -0.25) is 0 Å². The lowest BCUT2D eigenvalue weighted by atomic mass is 10.1. The van der Waals surface area contributed by atoms with Crippen molar-refractivity contribution in [3.05, 3.63) is 23.8 Å². The molecule has 0 spiro atoms. The summed E-state index contributed by atoms with van der Waals surface area (Å²) in [4.78, 5) is 0. The highest BCUT2D eigenvalue weighted by molar-refractivity contribution is 5.59. The van der Waals surface area contributed by atoms with Gasteiger partial charge in [0.2, 0.25) is 0 Å². The zero-order valence-corrected chi connectivity index (χ0v) is 8.29. The lowest BCUT2D eigenvalue weighted by Crippen LogP contribution is -2.32. The summed E-state index contributed by atoms with van der Waals surface area (Å²) in [5, 5.41) is 12.2. The van der Waals surface area contributed by atoms with E-state index in [1.807, 2.05) is 12.1 Å². The molecule has 2 N–H and O–H groups in total. The molecule has 0 saturated carbocycles. The summed E-state index contributed by atoms with van der Waals surface area (Å²) >= 11 is 0. The number of benzene rings is 1. The maximum atomic E-state index is 8.83. The summed E-state index contributed by atoms with van der Waals surface area (Å²) in [6, 6.07) is 6.31. The first-order valence-electron chi connectivity index (χ1n) is 4.90. The van der Waals surface area contributed by atoms with Crippen molar-refractivity contribution in [2.45, 2.75) is 19.4 Å². The quantitative estimate of drug-likeness (QED) is 0.748. The van der Waals surface area contributed by atoms with E-state index in [1.54, 1.807) is 0 Å². The molecule has 1 aliphatic heterocycles. The van der Waals surface area contributed by atoms with Gasteiger partial charge in [-0.15, -0.1) is 0 Å². The average molecular weight is 193 g/mol. The van der Waals surface area contributed by atoms with Gasteiger partial charge in [-0.05, 0) is 31.0 Å². The maximum absolute atomic E-state index is 8.83. The van der Waals surface area contributed by atoms with Crippen LogP contribution in [-0.4, -0.2) is 24.4 Å². The molecule has 0 bridgehead atoms. The van der Waals surface area contributed by atoms with E-state index in [4.69, 9.17) is 9.84 Å². The van der Waals surface area contributed by atoms with E-state index in [1.165, 1.54) is 5.56 Å². The molecule has 0 radical (unpaired) electrons. The zero-order valence-electron chi connectivity index (χ0n) is 8.29. The van der Waals surface area contributed by atoms with Crippen LogP contribution >= 0.6 is 0 Å². The molecule has 0 unspecified atom stereocenters. The second-order valence-corrected chi connectivity index (χ2v) is 3.66. The summed E-state index contributed by atoms with van der Waals surface area (Å²) in [5.41, 5.74) is 2.25. The molecule has 3 heteroatoms. The number of fused-ring (bicyclic) bond motifs is 1. The normalized spacial score (nSPS) is 19.4. The predicted molar refractivity (Wildman–Crippen MR) is 55.8 cm³/mol. The Kier molecular flexibility index (Phi) is 2.59. The van der Waals surface area contributed by atoms with Crippen LogP contribution in [0.1, 0.15) is 12.0 Å². The van der Waals surface area contributed by atoms with E-state index in [2.05, 4.69) is 18.3 Å². The van der Waals surface area contributed by atoms with Crippen LogP contribution < -0.4 is 10.1 Å². The van der Waals surface area contributed by atoms with Crippen LogP contribution in [0.3, 0.4) is 0 Å². The number of nitrogens with one attached hydrogen (secondary N) is 1. The Hall–Kier alpha value is -1.22. The van der Waals surface area contributed by atoms with E-state index in [0.717, 1.165) is 17.9 Å². The van der Waals surface area contributed by atoms with Gasteiger partial charge in [-0.25, -0.2) is 0 Å². The van der Waals surface area contributed by atoms with E-state index in [0.29, 0.717) is 6.61 Å². The van der Waals surface area contributed by atoms with E-state index < -0.39 is 0 Å². The SMILES string of the molecule is Cc1ccc2c(c1)N[C@H](CCO)CO2. The molecule has 1 heterocycles. The molecule has 0 amide bonds. The van der Waals surface area contributed by atoms with Gasteiger partial charge in [0.05, 0.1) is 11.7 Å². The van der Waals surface area contributed by atoms with Gasteiger partial charge in [0, 0.05) is 6.61 Å². The van der Waals surface area contributed by atoms with Crippen molar-refractivity contribution in [1.29, 1.82) is 0 Å². The summed E-state index contributed by atoms with van der Waals surface area (Å²) in [6.45, 7) is 2.89. The number of hydrogen-bond acceptors (Lipinski definition) is 3. The summed E-state index contributed by atoms with van der Waals surface area (Å²) < 4.78 is 5.57. The molecule has 2 rings (SSSR count). The van der Waals surface area contributed by atoms with Crippen molar-refractivity contribution in [3.63, 3.8) is 0 Å². The Bertz CT molecular complexity index is 325. The largest absolute Gasteiger partial charge is 0.489 e. The monoisotopic (exact) mass is 193 g/mol. The van der Waals surface area contributed by atoms with Gasteiger partial charge in [0.15, 0.2) is 0 Å². The fourth-order valence-corrected chi connectivity index (χ4v) is 1.65. The van der Waals surface area contributed by atoms with Gasteiger partial charge >= 0.3 is 0 Å². The predicted octanol–water partition coefficient (Wildman–Crippen LogP) is 1.55. The minimum absolute atomic E-state index is 0.197. The summed E-state index contributed by atoms with van der Waals surface area (Å²) in [5.74, 6) is 0.907. The highest BCUT2D eigenvalue weighted by Crippen LogP contribution is 2.30. The van der Waals surface area contributed by atoms with Crippen molar-refractivity contribution in [3.8, 4) is 5.75 Å².